The van der Waals surface area contributed by atoms with E-state index in [1.807, 2.05) is 60.4 Å². The Labute approximate surface area is 237 Å². The molecule has 0 bridgehead atoms. The Balaban J connectivity index is 1.38. The lowest BCUT2D eigenvalue weighted by Crippen LogP contribution is -2.42. The fourth-order valence-corrected chi connectivity index (χ4v) is 7.95. The number of rotatable bonds is 5. The van der Waals surface area contributed by atoms with Gasteiger partial charge in [-0.25, -0.2) is 4.99 Å². The van der Waals surface area contributed by atoms with Crippen molar-refractivity contribution in [3.05, 3.63) is 58.5 Å². The number of ether oxygens (including phenoxy) is 1. The number of methoxy groups -OCH3 is 1. The molecule has 202 valence electrons. The van der Waals surface area contributed by atoms with E-state index in [9.17, 15) is 9.59 Å². The van der Waals surface area contributed by atoms with Crippen LogP contribution in [0.1, 0.15) is 46.0 Å². The molecule has 8 nitrogen and oxygen atoms in total. The smallest absolute Gasteiger partial charge is 0.278 e. The lowest BCUT2D eigenvalue weighted by atomic mass is 9.94. The number of aliphatic imine (C=N–C) groups is 1. The average Bonchev–Trinajstić information content (AvgIpc) is 3.59. The largest absolute Gasteiger partial charge is 0.497 e. The molecule has 0 radical (unpaired) electrons. The van der Waals surface area contributed by atoms with Crippen molar-refractivity contribution in [2.24, 2.45) is 10.1 Å². The molecule has 4 aliphatic rings. The van der Waals surface area contributed by atoms with E-state index in [1.165, 1.54) is 23.2 Å². The summed E-state index contributed by atoms with van der Waals surface area (Å²) in [6.45, 7) is 4.63. The van der Waals surface area contributed by atoms with Crippen LogP contribution in [0.4, 0.5) is 11.4 Å². The van der Waals surface area contributed by atoms with Gasteiger partial charge in [-0.1, -0.05) is 49.2 Å². The van der Waals surface area contributed by atoms with Crippen LogP contribution in [-0.2, 0) is 9.59 Å². The highest BCUT2D eigenvalue weighted by Crippen LogP contribution is 2.52. The van der Waals surface area contributed by atoms with Crippen molar-refractivity contribution in [3.63, 3.8) is 0 Å². The van der Waals surface area contributed by atoms with Crippen LogP contribution in [0.25, 0.3) is 0 Å². The Bertz CT molecular complexity index is 1400. The third-order valence-corrected chi connectivity index (χ3v) is 9.88. The maximum atomic E-state index is 14.1. The van der Waals surface area contributed by atoms with Crippen LogP contribution in [-0.4, -0.2) is 53.3 Å². The van der Waals surface area contributed by atoms with E-state index in [2.05, 4.69) is 16.9 Å². The van der Waals surface area contributed by atoms with Crippen molar-refractivity contribution >= 4 is 57.6 Å². The van der Waals surface area contributed by atoms with Gasteiger partial charge >= 0.3 is 0 Å². The number of amidine groups is 1. The van der Waals surface area contributed by atoms with E-state index in [-0.39, 0.29) is 17.9 Å². The highest BCUT2D eigenvalue weighted by atomic mass is 32.2. The van der Waals surface area contributed by atoms with E-state index < -0.39 is 6.04 Å². The van der Waals surface area contributed by atoms with Gasteiger partial charge in [0.1, 0.15) is 15.7 Å². The molecule has 3 aliphatic heterocycles. The highest BCUT2D eigenvalue weighted by Gasteiger charge is 2.44. The van der Waals surface area contributed by atoms with E-state index in [1.54, 1.807) is 18.9 Å². The van der Waals surface area contributed by atoms with Crippen molar-refractivity contribution in [1.82, 2.24) is 4.90 Å². The minimum Gasteiger partial charge on any atom is -0.497 e. The zero-order valence-corrected chi connectivity index (χ0v) is 23.9. The van der Waals surface area contributed by atoms with Gasteiger partial charge in [0.15, 0.2) is 11.2 Å². The van der Waals surface area contributed by atoms with Crippen molar-refractivity contribution in [2.45, 2.75) is 62.9 Å². The number of hydrogen-bond donors (Lipinski definition) is 0. The molecule has 1 saturated heterocycles. The van der Waals surface area contributed by atoms with Crippen LogP contribution in [0.3, 0.4) is 0 Å². The number of amides is 2. The molecular weight excluding hydrogens is 530 g/mol. The van der Waals surface area contributed by atoms with E-state index >= 15 is 0 Å². The number of thioether (sulfide) groups is 2. The average molecular weight is 562 g/mol. The van der Waals surface area contributed by atoms with E-state index in [4.69, 9.17) is 9.73 Å². The number of fused-ring (bicyclic) bond motifs is 1. The second-order valence-corrected chi connectivity index (χ2v) is 11.9. The van der Waals surface area contributed by atoms with Gasteiger partial charge in [0, 0.05) is 23.5 Å². The molecule has 6 rings (SSSR count). The van der Waals surface area contributed by atoms with Gasteiger partial charge < -0.3 is 9.64 Å². The fraction of sp³-hybridized carbons (Fsp3) is 0.379. The molecule has 1 aliphatic carbocycles. The molecular formula is C29H31N5O3S2. The summed E-state index contributed by atoms with van der Waals surface area (Å²) in [6, 6.07) is 14.7. The Hall–Kier alpha value is -3.24. The van der Waals surface area contributed by atoms with E-state index in [0.29, 0.717) is 28.0 Å². The molecule has 10 heteroatoms. The molecule has 2 aromatic rings. The predicted molar refractivity (Wildman–Crippen MR) is 158 cm³/mol. The zero-order valence-electron chi connectivity index (χ0n) is 22.3. The number of carbonyl (C=O) groups excluding carboxylic acids is 2. The summed E-state index contributed by atoms with van der Waals surface area (Å²) >= 11 is 3.00. The molecule has 0 N–H and O–H groups in total. The molecule has 2 aromatic carbocycles. The first-order valence-electron chi connectivity index (χ1n) is 13.4. The van der Waals surface area contributed by atoms with Gasteiger partial charge in [-0.05, 0) is 62.7 Å². The number of nitrogens with zero attached hydrogens (tertiary/aromatic N) is 5. The first kappa shape index (κ1) is 26.0. The number of hydrogen-bond acceptors (Lipinski definition) is 8. The number of anilines is 2. The second kappa shape index (κ2) is 10.7. The Morgan fingerprint density at radius 3 is 2.54 bits per heavy atom. The quantitative estimate of drug-likeness (QED) is 0.426. The van der Waals surface area contributed by atoms with Crippen LogP contribution in [0.5, 0.6) is 5.75 Å². The van der Waals surface area contributed by atoms with Gasteiger partial charge in [-0.15, -0.1) is 0 Å². The molecule has 39 heavy (non-hydrogen) atoms. The van der Waals surface area contributed by atoms with Gasteiger partial charge in [0.2, 0.25) is 0 Å². The molecule has 0 aromatic heterocycles. The molecule has 3 heterocycles. The van der Waals surface area contributed by atoms with Crippen molar-refractivity contribution in [3.8, 4) is 5.75 Å². The number of benzene rings is 2. The first-order chi connectivity index (χ1) is 19.0. The summed E-state index contributed by atoms with van der Waals surface area (Å²) in [5.74, 6) is 0.563. The lowest BCUT2D eigenvalue weighted by molar-refractivity contribution is -0.124. The fourth-order valence-electron chi connectivity index (χ4n) is 5.51. The SMILES string of the molecule is CCN1/C(=C2/SC(=NC3C(=O)N(c4ccccc4)N=C3C)N(C3CCCCC3)C2=O)Sc2ccc(OC)cc21. The Morgan fingerprint density at radius 2 is 1.82 bits per heavy atom. The van der Waals surface area contributed by atoms with Crippen LogP contribution < -0.4 is 14.6 Å². The maximum Gasteiger partial charge on any atom is 0.278 e. The van der Waals surface area contributed by atoms with Crippen molar-refractivity contribution < 1.29 is 14.3 Å². The number of hydrazone groups is 1. The molecule has 2 fully saturated rings. The van der Waals surface area contributed by atoms with Crippen molar-refractivity contribution in [2.75, 3.05) is 23.6 Å². The monoisotopic (exact) mass is 561 g/mol. The van der Waals surface area contributed by atoms with Gasteiger partial charge in [-0.2, -0.15) is 10.1 Å². The maximum absolute atomic E-state index is 14.1. The first-order valence-corrected chi connectivity index (χ1v) is 15.0. The highest BCUT2D eigenvalue weighted by molar-refractivity contribution is 8.19. The summed E-state index contributed by atoms with van der Waals surface area (Å²) in [4.78, 5) is 38.4. The predicted octanol–water partition coefficient (Wildman–Crippen LogP) is 5.85. The molecule has 1 unspecified atom stereocenters. The molecule has 0 spiro atoms. The molecule has 1 atom stereocenters. The zero-order chi connectivity index (χ0) is 27.1. The van der Waals surface area contributed by atoms with Crippen LogP contribution in [0.15, 0.2) is 73.5 Å². The molecule has 2 amide bonds. The summed E-state index contributed by atoms with van der Waals surface area (Å²) < 4.78 is 5.46. The Kier molecular flexibility index (Phi) is 7.16. The summed E-state index contributed by atoms with van der Waals surface area (Å²) in [5.41, 5.74) is 2.37. The van der Waals surface area contributed by atoms with Gasteiger partial charge in [-0.3, -0.25) is 14.5 Å². The van der Waals surface area contributed by atoms with Crippen LogP contribution >= 0.6 is 23.5 Å². The topological polar surface area (TPSA) is 77.8 Å². The van der Waals surface area contributed by atoms with E-state index in [0.717, 1.165) is 47.0 Å². The lowest BCUT2D eigenvalue weighted by Gasteiger charge is -2.30. The molecule has 1 saturated carbocycles. The summed E-state index contributed by atoms with van der Waals surface area (Å²) in [6.07, 6.45) is 5.24. The summed E-state index contributed by atoms with van der Waals surface area (Å²) in [7, 11) is 1.66. The van der Waals surface area contributed by atoms with Gasteiger partial charge in [0.05, 0.1) is 24.2 Å². The summed E-state index contributed by atoms with van der Waals surface area (Å²) in [5, 5.41) is 7.46. The standard InChI is InChI=1S/C29H31N5O3S2/c1-4-32-22-17-21(37-3)15-16-23(22)38-28(32)25-27(36)33(19-11-7-5-8-12-19)29(39-25)30-24-18(2)31-34(26(24)35)20-13-9-6-10-14-20/h6,9-10,13-17,19,24H,4-5,7-8,11-12H2,1-3H3/b28-25-,30-29?. The van der Waals surface area contributed by atoms with Crippen molar-refractivity contribution in [1.29, 1.82) is 0 Å². The minimum atomic E-state index is -0.754. The van der Waals surface area contributed by atoms with Crippen LogP contribution in [0.2, 0.25) is 0 Å². The Morgan fingerprint density at radius 1 is 1.05 bits per heavy atom. The third-order valence-electron chi connectivity index (χ3n) is 7.51. The third kappa shape index (κ3) is 4.63. The minimum absolute atomic E-state index is 0.0219. The number of carbonyl (C=O) groups is 2. The normalized spacial score (nSPS) is 24.7. The van der Waals surface area contributed by atoms with Gasteiger partial charge in [0.25, 0.3) is 11.8 Å². The second-order valence-electron chi connectivity index (χ2n) is 9.92. The van der Waals surface area contributed by atoms with Crippen LogP contribution in [0, 0.1) is 0 Å². The number of para-hydroxylation sites is 1.